The zero-order chi connectivity index (χ0) is 37.8. The predicted molar refractivity (Wildman–Crippen MR) is 239 cm³/mol. The van der Waals surface area contributed by atoms with Gasteiger partial charge in [-0.3, -0.25) is 0 Å². The van der Waals surface area contributed by atoms with Gasteiger partial charge < -0.3 is 4.90 Å². The van der Waals surface area contributed by atoms with Gasteiger partial charge in [-0.15, -0.1) is 0 Å². The van der Waals surface area contributed by atoms with Gasteiger partial charge in [0, 0.05) is 26.9 Å². The van der Waals surface area contributed by atoms with Crippen molar-refractivity contribution in [2.24, 2.45) is 0 Å². The monoisotopic (exact) mass is 743 g/mol. The summed E-state index contributed by atoms with van der Waals surface area (Å²) < 4.78 is 0. The molecule has 0 N–H and O–H groups in total. The second-order valence-electron chi connectivity index (χ2n) is 14.8. The van der Waals surface area contributed by atoms with Crippen molar-refractivity contribution in [3.05, 3.63) is 247 Å². The lowest BCUT2D eigenvalue weighted by Crippen LogP contribution is -2.32. The van der Waals surface area contributed by atoms with Gasteiger partial charge in [0.2, 0.25) is 0 Å². The first-order valence-electron chi connectivity index (χ1n) is 19.6. The molecule has 0 fully saturated rings. The Morgan fingerprint density at radius 2 is 0.667 bits per heavy atom. The molecule has 0 amide bonds. The van der Waals surface area contributed by atoms with Crippen molar-refractivity contribution in [1.29, 1.82) is 0 Å². The number of nitrogens with zero attached hydrogens (tertiary/aromatic N) is 1. The van der Waals surface area contributed by atoms with E-state index < -0.39 is 5.41 Å². The summed E-state index contributed by atoms with van der Waals surface area (Å²) in [4.78, 5) is 5.00. The van der Waals surface area contributed by atoms with Crippen LogP contribution in [0.15, 0.2) is 234 Å². The van der Waals surface area contributed by atoms with Crippen molar-refractivity contribution >= 4 is 28.8 Å². The quantitative estimate of drug-likeness (QED) is 0.167. The molecule has 1 aliphatic carbocycles. The van der Waals surface area contributed by atoms with Crippen LogP contribution in [0.25, 0.3) is 44.5 Å². The van der Waals surface area contributed by atoms with Crippen LogP contribution in [-0.4, -0.2) is 0 Å². The molecule has 268 valence electrons. The number of hydrogen-bond acceptors (Lipinski definition) is 2. The molecule has 11 rings (SSSR count). The standard InChI is InChI=1S/C55H37NS/c1-3-14-38(15-4-1)40-26-32-43(33-27-40)56(44-34-28-41(29-35-44)39-16-5-2-6-17-39)45-36-30-42(31-37-45)46-19-13-20-48-47-18-7-8-21-49(47)55(54(46)48)50-22-9-11-24-52(50)57-53-25-12-10-23-51(53)55/h1-37H. The van der Waals surface area contributed by atoms with Gasteiger partial charge in [0.25, 0.3) is 0 Å². The van der Waals surface area contributed by atoms with Crippen LogP contribution in [0.3, 0.4) is 0 Å². The van der Waals surface area contributed by atoms with Crippen LogP contribution in [0.1, 0.15) is 22.3 Å². The number of benzene rings is 9. The number of rotatable bonds is 6. The summed E-state index contributed by atoms with van der Waals surface area (Å²) in [6, 6.07) is 82.3. The molecule has 57 heavy (non-hydrogen) atoms. The maximum Gasteiger partial charge on any atom is 0.0741 e. The topological polar surface area (TPSA) is 3.24 Å². The van der Waals surface area contributed by atoms with Crippen LogP contribution in [0, 0.1) is 0 Å². The number of anilines is 3. The maximum absolute atomic E-state index is 2.37. The molecule has 9 aromatic rings. The summed E-state index contributed by atoms with van der Waals surface area (Å²) in [5.41, 5.74) is 18.2. The van der Waals surface area contributed by atoms with Crippen LogP contribution in [0.2, 0.25) is 0 Å². The fourth-order valence-electron chi connectivity index (χ4n) is 9.26. The largest absolute Gasteiger partial charge is 0.311 e. The second-order valence-corrected chi connectivity index (χ2v) is 15.9. The Morgan fingerprint density at radius 1 is 0.281 bits per heavy atom. The van der Waals surface area contributed by atoms with Crippen LogP contribution in [-0.2, 0) is 5.41 Å². The highest BCUT2D eigenvalue weighted by molar-refractivity contribution is 7.99. The predicted octanol–water partition coefficient (Wildman–Crippen LogP) is 15.0. The van der Waals surface area contributed by atoms with E-state index in [1.807, 2.05) is 11.8 Å². The number of fused-ring (bicyclic) bond motifs is 9. The molecule has 0 radical (unpaired) electrons. The van der Waals surface area contributed by atoms with Crippen molar-refractivity contribution in [2.45, 2.75) is 15.2 Å². The van der Waals surface area contributed by atoms with Gasteiger partial charge in [-0.05, 0) is 115 Å². The third-order valence-electron chi connectivity index (χ3n) is 11.8. The Bertz CT molecular complexity index is 2770. The van der Waals surface area contributed by atoms with Crippen LogP contribution in [0.4, 0.5) is 17.1 Å². The van der Waals surface area contributed by atoms with Gasteiger partial charge in [-0.25, -0.2) is 0 Å². The highest BCUT2D eigenvalue weighted by Crippen LogP contribution is 2.63. The minimum absolute atomic E-state index is 0.438. The average molecular weight is 744 g/mol. The highest BCUT2D eigenvalue weighted by Gasteiger charge is 2.51. The van der Waals surface area contributed by atoms with Gasteiger partial charge in [0.05, 0.1) is 5.41 Å². The summed E-state index contributed by atoms with van der Waals surface area (Å²) in [5, 5.41) is 0. The Balaban J connectivity index is 1.06. The summed E-state index contributed by atoms with van der Waals surface area (Å²) >= 11 is 1.89. The van der Waals surface area contributed by atoms with E-state index in [4.69, 9.17) is 0 Å². The smallest absolute Gasteiger partial charge is 0.0741 e. The third-order valence-corrected chi connectivity index (χ3v) is 12.9. The first-order chi connectivity index (χ1) is 28.3. The van der Waals surface area contributed by atoms with E-state index in [1.165, 1.54) is 76.6 Å². The van der Waals surface area contributed by atoms with E-state index in [0.29, 0.717) is 0 Å². The summed E-state index contributed by atoms with van der Waals surface area (Å²) in [6.07, 6.45) is 0. The van der Waals surface area contributed by atoms with Crippen molar-refractivity contribution in [1.82, 2.24) is 0 Å². The Kier molecular flexibility index (Phi) is 8.05. The highest BCUT2D eigenvalue weighted by atomic mass is 32.2. The van der Waals surface area contributed by atoms with E-state index in [2.05, 4.69) is 229 Å². The van der Waals surface area contributed by atoms with Gasteiger partial charge >= 0.3 is 0 Å². The minimum Gasteiger partial charge on any atom is -0.311 e. The molecule has 1 spiro atoms. The van der Waals surface area contributed by atoms with Crippen LogP contribution in [0.5, 0.6) is 0 Å². The SMILES string of the molecule is c1ccc(-c2ccc(N(c3ccc(-c4ccccc4)cc3)c3ccc(-c4cccc5c4C4(c6ccccc6Sc6ccccc64)c4ccccc4-5)cc3)cc2)cc1. The van der Waals surface area contributed by atoms with Crippen molar-refractivity contribution < 1.29 is 0 Å². The van der Waals surface area contributed by atoms with Gasteiger partial charge in [-0.2, -0.15) is 0 Å². The second kappa shape index (κ2) is 13.7. The molecule has 1 nitrogen and oxygen atoms in total. The molecular formula is C55H37NS. The zero-order valence-corrected chi connectivity index (χ0v) is 32.0. The summed E-state index contributed by atoms with van der Waals surface area (Å²) in [5.74, 6) is 0. The van der Waals surface area contributed by atoms with E-state index in [9.17, 15) is 0 Å². The molecule has 2 aliphatic rings. The molecule has 1 heterocycles. The van der Waals surface area contributed by atoms with Crippen molar-refractivity contribution in [2.75, 3.05) is 4.90 Å². The lowest BCUT2D eigenvalue weighted by Gasteiger charge is -2.40. The van der Waals surface area contributed by atoms with Gasteiger partial charge in [-0.1, -0.05) is 188 Å². The Morgan fingerprint density at radius 3 is 1.19 bits per heavy atom. The Hall–Kier alpha value is -6.87. The first-order valence-corrected chi connectivity index (χ1v) is 20.4. The summed E-state index contributed by atoms with van der Waals surface area (Å²) in [6.45, 7) is 0. The molecule has 0 aromatic heterocycles. The zero-order valence-electron chi connectivity index (χ0n) is 31.2. The van der Waals surface area contributed by atoms with E-state index >= 15 is 0 Å². The molecule has 0 saturated carbocycles. The van der Waals surface area contributed by atoms with Crippen molar-refractivity contribution in [3.63, 3.8) is 0 Å². The van der Waals surface area contributed by atoms with E-state index in [1.54, 1.807) is 0 Å². The maximum atomic E-state index is 2.37. The minimum atomic E-state index is -0.438. The normalized spacial score (nSPS) is 13.0. The molecule has 0 unspecified atom stereocenters. The molecule has 9 aromatic carbocycles. The van der Waals surface area contributed by atoms with E-state index in [-0.39, 0.29) is 0 Å². The van der Waals surface area contributed by atoms with E-state index in [0.717, 1.165) is 17.1 Å². The Labute approximate surface area is 338 Å². The molecule has 0 atom stereocenters. The van der Waals surface area contributed by atoms with Gasteiger partial charge in [0.15, 0.2) is 0 Å². The fourth-order valence-corrected chi connectivity index (χ4v) is 10.5. The van der Waals surface area contributed by atoms with Crippen LogP contribution >= 0.6 is 11.8 Å². The lowest BCUT2D eigenvalue weighted by atomic mass is 9.66. The first kappa shape index (κ1) is 33.5. The van der Waals surface area contributed by atoms with Crippen LogP contribution < -0.4 is 4.90 Å². The molecular weight excluding hydrogens is 707 g/mol. The molecule has 1 aliphatic heterocycles. The third kappa shape index (κ3) is 5.40. The van der Waals surface area contributed by atoms with Gasteiger partial charge in [0.1, 0.15) is 0 Å². The lowest BCUT2D eigenvalue weighted by molar-refractivity contribution is 0.724. The number of hydrogen-bond donors (Lipinski definition) is 0. The summed E-state index contributed by atoms with van der Waals surface area (Å²) in [7, 11) is 0. The fraction of sp³-hybridized carbons (Fsp3) is 0.0182. The average Bonchev–Trinajstić information content (AvgIpc) is 3.59. The molecule has 0 bridgehead atoms. The molecule has 0 saturated heterocycles. The van der Waals surface area contributed by atoms with Crippen molar-refractivity contribution in [3.8, 4) is 44.5 Å². The molecule has 2 heteroatoms.